The first-order chi connectivity index (χ1) is 29.9. The summed E-state index contributed by atoms with van der Waals surface area (Å²) in [6.07, 6.45) is -7.22. The van der Waals surface area contributed by atoms with Crippen LogP contribution in [-0.2, 0) is 52.9 Å². The van der Waals surface area contributed by atoms with Gasteiger partial charge in [0.05, 0.1) is 19.5 Å². The first-order valence-electron chi connectivity index (χ1n) is 19.3. The Morgan fingerprint density at radius 1 is 0.968 bits per heavy atom. The number of carbonyl (C=O) groups is 2. The SMILES string of the molecule is C=CCCC(=O)N(C)[C@@H](CCCc1ccccc1)C(=O)O[C@H]1[C@@H](O)[C@H](n2cnc3c(N)ncnc32)O[C@@H]1COP(=O)(O)O[C@H]1[C@@H](O)[C@H](n2ccc(N)nc2=O)O[C@@H]1COP(=O)(O)O. The molecule has 342 valence electrons. The lowest BCUT2D eigenvalue weighted by molar-refractivity contribution is -0.165. The molecule has 63 heavy (non-hydrogen) atoms. The largest absolute Gasteiger partial charge is 0.472 e. The molecule has 5 heterocycles. The second kappa shape index (κ2) is 20.2. The fourth-order valence-corrected chi connectivity index (χ4v) is 8.35. The number of imidazole rings is 1. The van der Waals surface area contributed by atoms with E-state index in [-0.39, 0.29) is 41.5 Å². The maximum absolute atomic E-state index is 14.2. The highest BCUT2D eigenvalue weighted by molar-refractivity contribution is 7.47. The average molecular weight is 924 g/mol. The molecular weight excluding hydrogens is 876 g/mol. The van der Waals surface area contributed by atoms with Crippen molar-refractivity contribution in [3.8, 4) is 0 Å². The number of aromatic nitrogens is 6. The summed E-state index contributed by atoms with van der Waals surface area (Å²) in [7, 11) is -9.14. The van der Waals surface area contributed by atoms with Crippen LogP contribution in [0.3, 0.4) is 0 Å². The molecule has 2 aliphatic heterocycles. The molecule has 1 amide bonds. The van der Waals surface area contributed by atoms with Gasteiger partial charge in [0.15, 0.2) is 30.0 Å². The number of phosphoric acid groups is 2. The molecule has 2 fully saturated rings. The second-order valence-corrected chi connectivity index (χ2v) is 17.1. The average Bonchev–Trinajstić information content (AvgIpc) is 3.90. The van der Waals surface area contributed by atoms with E-state index < -0.39 is 95.6 Å². The molecule has 3 aromatic heterocycles. The molecule has 0 saturated carbocycles. The van der Waals surface area contributed by atoms with Crippen molar-refractivity contribution in [3.05, 3.63) is 84.0 Å². The molecule has 27 heteroatoms. The summed E-state index contributed by atoms with van der Waals surface area (Å²) in [5, 5.41) is 23.0. The normalized spacial score (nSPS) is 25.1. The summed E-state index contributed by atoms with van der Waals surface area (Å²) in [5.74, 6) is -1.52. The predicted octanol–water partition coefficient (Wildman–Crippen LogP) is 0.104. The molecule has 6 rings (SSSR count). The molecule has 1 aromatic carbocycles. The van der Waals surface area contributed by atoms with Crippen LogP contribution in [0.1, 0.15) is 43.7 Å². The monoisotopic (exact) mass is 923 g/mol. The molecule has 2 aliphatic rings. The fourth-order valence-electron chi connectivity index (χ4n) is 7.04. The molecule has 2 saturated heterocycles. The third-order valence-corrected chi connectivity index (χ3v) is 11.7. The summed E-state index contributed by atoms with van der Waals surface area (Å²) < 4.78 is 59.9. The number of allylic oxidation sites excluding steroid dienone is 1. The first kappa shape index (κ1) is 47.5. The maximum atomic E-state index is 14.2. The quantitative estimate of drug-likeness (QED) is 0.0351. The number of hydrogen-bond acceptors (Lipinski definition) is 19. The lowest BCUT2D eigenvalue weighted by Gasteiger charge is -2.30. The molecule has 0 bridgehead atoms. The van der Waals surface area contributed by atoms with Crippen LogP contribution in [0.2, 0.25) is 0 Å². The van der Waals surface area contributed by atoms with Crippen LogP contribution in [-0.4, -0.2) is 134 Å². The van der Waals surface area contributed by atoms with Crippen molar-refractivity contribution in [1.29, 1.82) is 0 Å². The number of fused-ring (bicyclic) bond motifs is 1. The Balaban J connectivity index is 1.25. The van der Waals surface area contributed by atoms with Gasteiger partial charge in [0.25, 0.3) is 0 Å². The number of esters is 1. The van der Waals surface area contributed by atoms with Gasteiger partial charge in [-0.2, -0.15) is 4.98 Å². The number of aliphatic hydroxyl groups is 2. The summed E-state index contributed by atoms with van der Waals surface area (Å²) in [5.41, 5.74) is 11.7. The van der Waals surface area contributed by atoms with E-state index in [0.717, 1.165) is 22.7 Å². The zero-order valence-electron chi connectivity index (χ0n) is 33.5. The highest BCUT2D eigenvalue weighted by atomic mass is 31.2. The van der Waals surface area contributed by atoms with Gasteiger partial charge < -0.3 is 55.5 Å². The molecule has 25 nitrogen and oxygen atoms in total. The van der Waals surface area contributed by atoms with E-state index in [4.69, 9.17) is 34.7 Å². The summed E-state index contributed by atoms with van der Waals surface area (Å²) in [4.78, 5) is 86.6. The van der Waals surface area contributed by atoms with Gasteiger partial charge in [-0.25, -0.2) is 33.7 Å². The van der Waals surface area contributed by atoms with Crippen molar-refractivity contribution in [1.82, 2.24) is 34.0 Å². The number of ether oxygens (including phenoxy) is 3. The lowest BCUT2D eigenvalue weighted by atomic mass is 10.0. The van der Waals surface area contributed by atoms with Crippen LogP contribution in [0, 0.1) is 0 Å². The molecule has 1 unspecified atom stereocenters. The summed E-state index contributed by atoms with van der Waals surface area (Å²) in [6.45, 7) is 1.68. The van der Waals surface area contributed by atoms with Crippen molar-refractivity contribution >= 4 is 50.3 Å². The Hall–Kier alpha value is -5.01. The Morgan fingerprint density at radius 2 is 1.63 bits per heavy atom. The fraction of sp³-hybridized carbons (Fsp3) is 0.472. The van der Waals surface area contributed by atoms with Gasteiger partial charge in [-0.15, -0.1) is 6.58 Å². The highest BCUT2D eigenvalue weighted by Gasteiger charge is 2.52. The van der Waals surface area contributed by atoms with Crippen LogP contribution in [0.15, 0.2) is 72.7 Å². The van der Waals surface area contributed by atoms with Gasteiger partial charge in [0, 0.05) is 19.7 Å². The van der Waals surface area contributed by atoms with Gasteiger partial charge in [0.1, 0.15) is 54.2 Å². The number of amides is 1. The minimum Gasteiger partial charge on any atom is -0.455 e. The number of anilines is 2. The van der Waals surface area contributed by atoms with E-state index in [1.54, 1.807) is 6.08 Å². The molecule has 4 aromatic rings. The van der Waals surface area contributed by atoms with E-state index >= 15 is 0 Å². The van der Waals surface area contributed by atoms with Crippen molar-refractivity contribution < 1.29 is 71.4 Å². The Labute approximate surface area is 358 Å². The van der Waals surface area contributed by atoms with Crippen molar-refractivity contribution in [2.45, 2.75) is 87.2 Å². The van der Waals surface area contributed by atoms with E-state index in [2.05, 4.69) is 31.0 Å². The van der Waals surface area contributed by atoms with Crippen molar-refractivity contribution in [2.24, 2.45) is 0 Å². The molecule has 0 spiro atoms. The molecule has 9 N–H and O–H groups in total. The number of nitrogens with two attached hydrogens (primary N) is 2. The maximum Gasteiger partial charge on any atom is 0.472 e. The number of phosphoric ester groups is 2. The van der Waals surface area contributed by atoms with Gasteiger partial charge in [-0.3, -0.25) is 27.5 Å². The Morgan fingerprint density at radius 3 is 2.32 bits per heavy atom. The molecule has 0 aliphatic carbocycles. The van der Waals surface area contributed by atoms with Gasteiger partial charge in [-0.05, 0) is 37.3 Å². The lowest BCUT2D eigenvalue weighted by Crippen LogP contribution is -2.47. The van der Waals surface area contributed by atoms with Crippen LogP contribution in [0.25, 0.3) is 11.2 Å². The van der Waals surface area contributed by atoms with E-state index in [1.165, 1.54) is 28.9 Å². The summed E-state index contributed by atoms with van der Waals surface area (Å²) >= 11 is 0. The van der Waals surface area contributed by atoms with E-state index in [9.17, 15) is 48.4 Å². The Kier molecular flexibility index (Phi) is 15.2. The number of nitrogen functional groups attached to an aromatic ring is 2. The number of hydrogen-bond donors (Lipinski definition) is 7. The number of nitrogens with zero attached hydrogens (tertiary/aromatic N) is 7. The third-order valence-electron chi connectivity index (χ3n) is 10.2. The van der Waals surface area contributed by atoms with Crippen molar-refractivity contribution in [3.63, 3.8) is 0 Å². The molecule has 0 radical (unpaired) electrons. The number of benzene rings is 1. The highest BCUT2D eigenvalue weighted by Crippen LogP contribution is 2.50. The number of rotatable bonds is 20. The zero-order valence-corrected chi connectivity index (χ0v) is 35.3. The predicted molar refractivity (Wildman–Crippen MR) is 216 cm³/mol. The van der Waals surface area contributed by atoms with Crippen LogP contribution in [0.5, 0.6) is 0 Å². The van der Waals surface area contributed by atoms with Gasteiger partial charge >= 0.3 is 27.3 Å². The van der Waals surface area contributed by atoms with Crippen LogP contribution >= 0.6 is 15.6 Å². The molecule has 10 atom stereocenters. The number of likely N-dealkylation sites (N-methyl/N-ethyl adjacent to an activating group) is 1. The number of aliphatic hydroxyl groups excluding tert-OH is 2. The topological polar surface area (TPSA) is 359 Å². The standard InChI is InChI=1S/C36H47N9O16P2/c1-3-4-13-25(46)43(2)21(12-8-11-20-9-6-5-7-10-20)35(49)60-29-22(58-34(27(29)47)45-19-41-26-31(38)39-18-40-32(26)45)17-57-63(54,55)61-30-23(16-56-62(51,52)53)59-33(28(30)48)44-15-14-24(37)42-36(44)50/h3,5-7,9-10,14-15,18-19,21-23,27-30,33-34,47-48H,1,4,8,11-13,16-17H2,2H3,(H,54,55)(H2,37,42,50)(H2,38,39,40)(H2,51,52,53)/t21-,22+,23+,27+,28+,29+,30+,33+,34+/m0/s1. The minimum atomic E-state index is -5.41. The Bertz CT molecular complexity index is 2400. The van der Waals surface area contributed by atoms with Gasteiger partial charge in [-0.1, -0.05) is 36.4 Å². The van der Waals surface area contributed by atoms with Crippen LogP contribution in [0.4, 0.5) is 11.6 Å². The molecular formula is C36H47N9O16P2. The van der Waals surface area contributed by atoms with E-state index in [1.807, 2.05) is 30.3 Å². The first-order valence-corrected chi connectivity index (χ1v) is 22.3. The van der Waals surface area contributed by atoms with E-state index in [0.29, 0.717) is 19.3 Å². The second-order valence-electron chi connectivity index (χ2n) is 14.5. The summed E-state index contributed by atoms with van der Waals surface area (Å²) in [6, 6.07) is 9.45. The van der Waals surface area contributed by atoms with Crippen molar-refractivity contribution in [2.75, 3.05) is 31.7 Å². The number of carbonyl (C=O) groups excluding carboxylic acids is 2. The van der Waals surface area contributed by atoms with Gasteiger partial charge in [0.2, 0.25) is 5.91 Å². The smallest absolute Gasteiger partial charge is 0.455 e. The van der Waals surface area contributed by atoms with Crippen LogP contribution < -0.4 is 17.2 Å². The minimum absolute atomic E-state index is 0.00248. The zero-order chi connectivity index (χ0) is 45.6. The number of aryl methyl sites for hydroxylation is 1. The third kappa shape index (κ3) is 11.6.